The Labute approximate surface area is 260 Å². The first-order valence-electron chi connectivity index (χ1n) is 14.6. The molecule has 0 radical (unpaired) electrons. The fraction of sp³-hybridized carbons (Fsp3) is 0.303. The van der Waals surface area contributed by atoms with E-state index >= 15 is 0 Å². The lowest BCUT2D eigenvalue weighted by molar-refractivity contribution is -0.137. The van der Waals surface area contributed by atoms with Gasteiger partial charge in [-0.1, -0.05) is 48.5 Å². The number of ketones is 1. The normalized spacial score (nSPS) is 22.0. The van der Waals surface area contributed by atoms with Gasteiger partial charge in [-0.2, -0.15) is 13.2 Å². The van der Waals surface area contributed by atoms with E-state index in [4.69, 9.17) is 0 Å². The highest BCUT2D eigenvalue weighted by atomic mass is 32.1. The molecule has 2 bridgehead atoms. The van der Waals surface area contributed by atoms with Gasteiger partial charge in [0.1, 0.15) is 11.5 Å². The van der Waals surface area contributed by atoms with Gasteiger partial charge in [0.05, 0.1) is 11.0 Å². The quantitative estimate of drug-likeness (QED) is 0.224. The predicted octanol–water partition coefficient (Wildman–Crippen LogP) is 5.71. The number of carbonyl (C=O) groups excluding carboxylic acids is 3. The van der Waals surface area contributed by atoms with Gasteiger partial charge in [-0.05, 0) is 47.7 Å². The van der Waals surface area contributed by atoms with Crippen LogP contribution in [0, 0.1) is 5.41 Å². The lowest BCUT2D eigenvalue weighted by Crippen LogP contribution is -2.51. The summed E-state index contributed by atoms with van der Waals surface area (Å²) in [5.41, 5.74) is 3.19. The van der Waals surface area contributed by atoms with Crippen molar-refractivity contribution < 1.29 is 27.6 Å². The van der Waals surface area contributed by atoms with Gasteiger partial charge < -0.3 is 15.1 Å². The molecule has 1 atom stereocenters. The third-order valence-electron chi connectivity index (χ3n) is 9.27. The van der Waals surface area contributed by atoms with Crippen molar-refractivity contribution in [3.05, 3.63) is 106 Å². The fourth-order valence-electron chi connectivity index (χ4n) is 7.00. The van der Waals surface area contributed by atoms with Gasteiger partial charge in [0.2, 0.25) is 5.91 Å². The molecule has 8 rings (SSSR count). The largest absolute Gasteiger partial charge is 0.417 e. The highest BCUT2D eigenvalue weighted by Crippen LogP contribution is 2.61. The molecule has 45 heavy (non-hydrogen) atoms. The third-order valence-corrected chi connectivity index (χ3v) is 10.0. The number of Topliss-reactive ketones (excluding diaryl/α,β-unsaturated/α-hetero) is 1. The van der Waals surface area contributed by atoms with Crippen molar-refractivity contribution in [2.24, 2.45) is 5.41 Å². The number of nitrogens with one attached hydrogen (secondary N) is 1. The molecule has 4 aromatic rings. The van der Waals surface area contributed by atoms with Crippen LogP contribution in [0.15, 0.2) is 72.2 Å². The van der Waals surface area contributed by atoms with Crippen LogP contribution in [0.2, 0.25) is 0 Å². The van der Waals surface area contributed by atoms with Gasteiger partial charge in [-0.3, -0.25) is 14.4 Å². The number of aromatic nitrogens is 2. The second kappa shape index (κ2) is 10.8. The van der Waals surface area contributed by atoms with Gasteiger partial charge in [-0.25, -0.2) is 9.97 Å². The van der Waals surface area contributed by atoms with Crippen molar-refractivity contribution in [1.29, 1.82) is 0 Å². The Balaban J connectivity index is 1.01. The van der Waals surface area contributed by atoms with Crippen LogP contribution in [0.3, 0.4) is 0 Å². The Hall–Kier alpha value is -4.58. The second-order valence-electron chi connectivity index (χ2n) is 11.9. The number of carbonyl (C=O) groups is 3. The molecule has 0 spiro atoms. The van der Waals surface area contributed by atoms with E-state index in [1.807, 2.05) is 31.2 Å². The molecule has 3 heterocycles. The molecular formula is C33H28F3N5O3S. The molecule has 0 saturated carbocycles. The summed E-state index contributed by atoms with van der Waals surface area (Å²) in [4.78, 5) is 51.4. The van der Waals surface area contributed by atoms with Crippen molar-refractivity contribution in [1.82, 2.24) is 14.9 Å². The SMILES string of the molecule is CC1(C(=O)Nc2nc(C(=O)C(=O)N3CCN(c4ccc(C(F)(F)F)cn4)CC3)cs2)CC2c3ccccc3C1c1ccccc12. The van der Waals surface area contributed by atoms with Crippen LogP contribution < -0.4 is 10.2 Å². The van der Waals surface area contributed by atoms with Crippen molar-refractivity contribution in [3.63, 3.8) is 0 Å². The minimum atomic E-state index is -4.47. The van der Waals surface area contributed by atoms with Crippen molar-refractivity contribution >= 4 is 39.9 Å². The summed E-state index contributed by atoms with van der Waals surface area (Å²) in [7, 11) is 0. The van der Waals surface area contributed by atoms with Gasteiger partial charge in [0.25, 0.3) is 11.7 Å². The van der Waals surface area contributed by atoms with Crippen LogP contribution >= 0.6 is 11.3 Å². The van der Waals surface area contributed by atoms with E-state index in [1.165, 1.54) is 27.5 Å². The number of hydrogen-bond acceptors (Lipinski definition) is 7. The maximum atomic E-state index is 13.9. The number of hydrogen-bond donors (Lipinski definition) is 1. The number of alkyl halides is 3. The number of anilines is 2. The van der Waals surface area contributed by atoms with Crippen LogP contribution in [0.4, 0.5) is 24.1 Å². The Morgan fingerprint density at radius 3 is 2.11 bits per heavy atom. The summed E-state index contributed by atoms with van der Waals surface area (Å²) in [5.74, 6) is -1.35. The molecule has 1 saturated heterocycles. The molecule has 3 aliphatic carbocycles. The molecule has 1 unspecified atom stereocenters. The maximum Gasteiger partial charge on any atom is 0.417 e. The summed E-state index contributed by atoms with van der Waals surface area (Å²) in [6, 6.07) is 18.8. The molecule has 12 heteroatoms. The van der Waals surface area contributed by atoms with Gasteiger partial charge >= 0.3 is 6.18 Å². The number of rotatable bonds is 5. The number of halogens is 3. The standard InChI is InChI=1S/C33H28F3N5O3S/c1-32(16-24-20-6-2-4-8-22(20)27(32)23-9-5-3-7-21(23)24)30(44)39-31-38-25(18-45-31)28(42)29(43)41-14-12-40(13-15-41)26-11-10-19(17-37-26)33(34,35)36/h2-11,17-18,24,27H,12-16H2,1H3,(H,38,39,44). The van der Waals surface area contributed by atoms with Crippen LogP contribution in [0.5, 0.6) is 0 Å². The van der Waals surface area contributed by atoms with E-state index in [2.05, 4.69) is 39.6 Å². The van der Waals surface area contributed by atoms with Crippen molar-refractivity contribution in [2.45, 2.75) is 31.4 Å². The first-order chi connectivity index (χ1) is 21.5. The number of amides is 2. The van der Waals surface area contributed by atoms with E-state index in [9.17, 15) is 27.6 Å². The lowest BCUT2D eigenvalue weighted by atomic mass is 9.52. The third kappa shape index (κ3) is 4.97. The topological polar surface area (TPSA) is 95.5 Å². The monoisotopic (exact) mass is 631 g/mol. The molecule has 1 N–H and O–H groups in total. The lowest BCUT2D eigenvalue weighted by Gasteiger charge is -2.50. The smallest absolute Gasteiger partial charge is 0.353 e. The van der Waals surface area contributed by atoms with Crippen LogP contribution in [0.25, 0.3) is 0 Å². The first-order valence-corrected chi connectivity index (χ1v) is 15.5. The molecule has 1 aliphatic heterocycles. The highest BCUT2D eigenvalue weighted by Gasteiger charge is 2.54. The molecular weight excluding hydrogens is 603 g/mol. The zero-order valence-electron chi connectivity index (χ0n) is 24.2. The van der Waals surface area contributed by atoms with Gasteiger partial charge in [0, 0.05) is 49.6 Å². The summed E-state index contributed by atoms with van der Waals surface area (Å²) < 4.78 is 38.6. The van der Waals surface area contributed by atoms with Crippen LogP contribution in [-0.2, 0) is 15.8 Å². The van der Waals surface area contributed by atoms with E-state index < -0.39 is 28.8 Å². The molecule has 8 nitrogen and oxygen atoms in total. The Kier molecular flexibility index (Phi) is 6.99. The Bertz CT molecular complexity index is 1770. The number of piperazine rings is 1. The number of pyridine rings is 1. The van der Waals surface area contributed by atoms with Gasteiger partial charge in [-0.15, -0.1) is 11.3 Å². The highest BCUT2D eigenvalue weighted by molar-refractivity contribution is 7.14. The zero-order chi connectivity index (χ0) is 31.5. The number of nitrogens with zero attached hydrogens (tertiary/aromatic N) is 4. The average Bonchev–Trinajstić information content (AvgIpc) is 3.52. The molecule has 230 valence electrons. The molecule has 4 aliphatic rings. The van der Waals surface area contributed by atoms with Crippen molar-refractivity contribution in [3.8, 4) is 0 Å². The minimum Gasteiger partial charge on any atom is -0.353 e. The van der Waals surface area contributed by atoms with Crippen molar-refractivity contribution in [2.75, 3.05) is 36.4 Å². The van der Waals surface area contributed by atoms with E-state index in [0.717, 1.165) is 34.7 Å². The first kappa shape index (κ1) is 29.1. The van der Waals surface area contributed by atoms with E-state index in [-0.39, 0.29) is 41.7 Å². The Morgan fingerprint density at radius 1 is 0.911 bits per heavy atom. The maximum absolute atomic E-state index is 13.9. The average molecular weight is 632 g/mol. The molecule has 2 aromatic carbocycles. The number of fused-ring (bicyclic) bond motifs is 1. The molecule has 1 fully saturated rings. The summed E-state index contributed by atoms with van der Waals surface area (Å²) >= 11 is 1.09. The summed E-state index contributed by atoms with van der Waals surface area (Å²) in [5, 5.41) is 4.66. The number of thiazole rings is 1. The van der Waals surface area contributed by atoms with E-state index in [0.29, 0.717) is 25.3 Å². The minimum absolute atomic E-state index is 0.0434. The summed E-state index contributed by atoms with van der Waals surface area (Å²) in [6.07, 6.45) is -3.05. The number of benzene rings is 2. The zero-order valence-corrected chi connectivity index (χ0v) is 25.0. The molecule has 2 amide bonds. The Morgan fingerprint density at radius 2 is 1.53 bits per heavy atom. The molecule has 2 aromatic heterocycles. The fourth-order valence-corrected chi connectivity index (χ4v) is 7.68. The van der Waals surface area contributed by atoms with E-state index in [1.54, 1.807) is 4.90 Å². The predicted molar refractivity (Wildman–Crippen MR) is 162 cm³/mol. The van der Waals surface area contributed by atoms with Crippen LogP contribution in [0.1, 0.15) is 63.5 Å². The second-order valence-corrected chi connectivity index (χ2v) is 12.7. The van der Waals surface area contributed by atoms with Gasteiger partial charge in [0.15, 0.2) is 5.13 Å². The summed E-state index contributed by atoms with van der Waals surface area (Å²) in [6.45, 7) is 3.00. The van der Waals surface area contributed by atoms with Crippen LogP contribution in [-0.4, -0.2) is 58.6 Å².